The van der Waals surface area contributed by atoms with Crippen molar-refractivity contribution < 1.29 is 4.79 Å². The maximum atomic E-state index is 9.69. The SMILES string of the molecule is C=C/C(=C\C=C(C)C)c1ccccc1.C=CC(C)=O.CCc1cc(Br)ccc1C(C)C. The summed E-state index contributed by atoms with van der Waals surface area (Å²) >= 11 is 3.49. The number of rotatable bonds is 6. The molecule has 0 atom stereocenters. The highest BCUT2D eigenvalue weighted by Crippen LogP contribution is 2.23. The van der Waals surface area contributed by atoms with Crippen molar-refractivity contribution in [2.45, 2.75) is 53.9 Å². The summed E-state index contributed by atoms with van der Waals surface area (Å²) in [6, 6.07) is 16.8. The maximum absolute atomic E-state index is 9.69. The lowest BCUT2D eigenvalue weighted by molar-refractivity contribution is -0.112. The molecule has 1 nitrogen and oxygen atoms in total. The average molecular weight is 482 g/mol. The van der Waals surface area contributed by atoms with Gasteiger partial charge in [-0.05, 0) is 73.6 Å². The molecule has 0 fully saturated rings. The fourth-order valence-electron chi connectivity index (χ4n) is 2.61. The minimum atomic E-state index is 0.0185. The molecule has 0 bridgehead atoms. The number of ketones is 1. The van der Waals surface area contributed by atoms with E-state index in [4.69, 9.17) is 0 Å². The van der Waals surface area contributed by atoms with Crippen LogP contribution in [0.4, 0.5) is 0 Å². The number of aryl methyl sites for hydroxylation is 1. The summed E-state index contributed by atoms with van der Waals surface area (Å²) < 4.78 is 1.18. The zero-order chi connectivity index (χ0) is 23.8. The van der Waals surface area contributed by atoms with Gasteiger partial charge in [-0.25, -0.2) is 0 Å². The Morgan fingerprint density at radius 3 is 1.97 bits per heavy atom. The molecular formula is C29H37BrO. The van der Waals surface area contributed by atoms with Crippen LogP contribution in [-0.4, -0.2) is 5.78 Å². The van der Waals surface area contributed by atoms with E-state index >= 15 is 0 Å². The second kappa shape index (κ2) is 16.3. The molecule has 2 aromatic carbocycles. The van der Waals surface area contributed by atoms with Gasteiger partial charge in [0.15, 0.2) is 5.78 Å². The first-order valence-corrected chi connectivity index (χ1v) is 11.4. The zero-order valence-corrected chi connectivity index (χ0v) is 21.5. The molecule has 0 aliphatic carbocycles. The van der Waals surface area contributed by atoms with Gasteiger partial charge in [0.25, 0.3) is 0 Å². The quantitative estimate of drug-likeness (QED) is 0.297. The molecule has 0 aliphatic rings. The number of hydrogen-bond acceptors (Lipinski definition) is 1. The number of benzene rings is 2. The lowest BCUT2D eigenvalue weighted by atomic mass is 9.96. The lowest BCUT2D eigenvalue weighted by Crippen LogP contribution is -1.94. The molecule has 0 saturated heterocycles. The van der Waals surface area contributed by atoms with Crippen LogP contribution in [0.5, 0.6) is 0 Å². The topological polar surface area (TPSA) is 17.1 Å². The number of halogens is 1. The molecule has 0 aliphatic heterocycles. The fraction of sp³-hybridized carbons (Fsp3) is 0.276. The van der Waals surface area contributed by atoms with Gasteiger partial charge >= 0.3 is 0 Å². The Balaban J connectivity index is 0.000000483. The second-order valence-corrected chi connectivity index (χ2v) is 8.52. The molecule has 0 N–H and O–H groups in total. The summed E-state index contributed by atoms with van der Waals surface area (Å²) in [5.41, 5.74) is 6.59. The van der Waals surface area contributed by atoms with E-state index in [-0.39, 0.29) is 5.78 Å². The smallest absolute Gasteiger partial charge is 0.152 e. The van der Waals surface area contributed by atoms with Crippen LogP contribution in [0.3, 0.4) is 0 Å². The second-order valence-electron chi connectivity index (χ2n) is 7.60. The number of carbonyl (C=O) groups excluding carboxylic acids is 1. The van der Waals surface area contributed by atoms with Crippen LogP contribution < -0.4 is 0 Å². The van der Waals surface area contributed by atoms with E-state index in [9.17, 15) is 4.79 Å². The summed E-state index contributed by atoms with van der Waals surface area (Å²) in [4.78, 5) is 9.69. The van der Waals surface area contributed by atoms with Crippen LogP contribution >= 0.6 is 15.9 Å². The molecule has 0 amide bonds. The third-order valence-corrected chi connectivity index (χ3v) is 4.81. The first-order chi connectivity index (χ1) is 14.7. The Morgan fingerprint density at radius 2 is 1.55 bits per heavy atom. The van der Waals surface area contributed by atoms with Crippen molar-refractivity contribution in [3.05, 3.63) is 113 Å². The average Bonchev–Trinajstić information content (AvgIpc) is 2.75. The van der Waals surface area contributed by atoms with E-state index in [2.05, 4.69) is 106 Å². The van der Waals surface area contributed by atoms with Crippen LogP contribution in [0.25, 0.3) is 5.57 Å². The van der Waals surface area contributed by atoms with Crippen LogP contribution in [0.2, 0.25) is 0 Å². The van der Waals surface area contributed by atoms with Crippen LogP contribution in [0, 0.1) is 0 Å². The predicted molar refractivity (Wildman–Crippen MR) is 143 cm³/mol. The number of carbonyl (C=O) groups is 1. The first kappa shape index (κ1) is 28.5. The number of hydrogen-bond donors (Lipinski definition) is 0. The first-order valence-electron chi connectivity index (χ1n) is 10.6. The summed E-state index contributed by atoms with van der Waals surface area (Å²) in [6.45, 7) is 19.3. The molecular weight excluding hydrogens is 444 g/mol. The Bertz CT molecular complexity index is 882. The highest BCUT2D eigenvalue weighted by molar-refractivity contribution is 9.10. The van der Waals surface area contributed by atoms with Crippen LogP contribution in [0.1, 0.15) is 64.2 Å². The van der Waals surface area contributed by atoms with E-state index in [1.165, 1.54) is 39.7 Å². The largest absolute Gasteiger partial charge is 0.295 e. The fourth-order valence-corrected chi connectivity index (χ4v) is 3.02. The maximum Gasteiger partial charge on any atom is 0.152 e. The lowest BCUT2D eigenvalue weighted by Gasteiger charge is -2.11. The third kappa shape index (κ3) is 12.8. The molecule has 2 rings (SSSR count). The molecule has 2 heteroatoms. The van der Waals surface area contributed by atoms with E-state index in [1.807, 2.05) is 24.3 Å². The van der Waals surface area contributed by atoms with Gasteiger partial charge in [-0.2, -0.15) is 0 Å². The van der Waals surface area contributed by atoms with Crippen LogP contribution in [0.15, 0.2) is 96.0 Å². The van der Waals surface area contributed by atoms with Gasteiger partial charge in [-0.3, -0.25) is 4.79 Å². The summed E-state index contributed by atoms with van der Waals surface area (Å²) in [5.74, 6) is 0.651. The molecule has 0 saturated carbocycles. The minimum absolute atomic E-state index is 0.0185. The van der Waals surface area contributed by atoms with Gasteiger partial charge in [0.05, 0.1) is 0 Å². The van der Waals surface area contributed by atoms with Crippen molar-refractivity contribution in [2.75, 3.05) is 0 Å². The van der Waals surface area contributed by atoms with Crippen molar-refractivity contribution in [3.8, 4) is 0 Å². The van der Waals surface area contributed by atoms with Crippen molar-refractivity contribution in [3.63, 3.8) is 0 Å². The molecule has 0 aromatic heterocycles. The van der Waals surface area contributed by atoms with Gasteiger partial charge in [0, 0.05) is 4.47 Å². The molecule has 0 spiro atoms. The molecule has 166 valence electrons. The summed E-state index contributed by atoms with van der Waals surface area (Å²) in [6.07, 6.45) is 8.48. The number of allylic oxidation sites excluding steroid dienone is 6. The predicted octanol–water partition coefficient (Wildman–Crippen LogP) is 9.12. The minimum Gasteiger partial charge on any atom is -0.295 e. The van der Waals surface area contributed by atoms with Gasteiger partial charge < -0.3 is 0 Å². The van der Waals surface area contributed by atoms with Crippen molar-refractivity contribution in [1.29, 1.82) is 0 Å². The third-order valence-electron chi connectivity index (χ3n) is 4.32. The highest BCUT2D eigenvalue weighted by Gasteiger charge is 2.04. The molecule has 0 heterocycles. The van der Waals surface area contributed by atoms with E-state index < -0.39 is 0 Å². The highest BCUT2D eigenvalue weighted by atomic mass is 79.9. The van der Waals surface area contributed by atoms with Gasteiger partial charge in [0.2, 0.25) is 0 Å². The Kier molecular flexibility index (Phi) is 15.0. The van der Waals surface area contributed by atoms with E-state index in [0.717, 1.165) is 12.0 Å². The zero-order valence-electron chi connectivity index (χ0n) is 19.9. The Hall–Kier alpha value is -2.45. The standard InChI is InChI=1S/C14H16.C11H15Br.C4H6O/c1-4-13(11-10-12(2)3)14-8-6-5-7-9-14;1-4-9-7-10(12)5-6-11(9)8(2)3;1-3-4(2)5/h4-11H,1H2,2-3H3;5-8H,4H2,1-3H3;3H,1H2,2H3/b13-11+;;. The van der Waals surface area contributed by atoms with Crippen molar-refractivity contribution >= 4 is 27.3 Å². The summed E-state index contributed by atoms with van der Waals surface area (Å²) in [5, 5.41) is 0. The summed E-state index contributed by atoms with van der Waals surface area (Å²) in [7, 11) is 0. The van der Waals surface area contributed by atoms with E-state index in [0.29, 0.717) is 5.92 Å². The van der Waals surface area contributed by atoms with Gasteiger partial charge in [-0.15, -0.1) is 0 Å². The van der Waals surface area contributed by atoms with Crippen molar-refractivity contribution in [1.82, 2.24) is 0 Å². The molecule has 0 radical (unpaired) electrons. The molecule has 0 unspecified atom stereocenters. The van der Waals surface area contributed by atoms with Crippen LogP contribution in [-0.2, 0) is 11.2 Å². The normalized spacial score (nSPS) is 10.1. The van der Waals surface area contributed by atoms with Gasteiger partial charge in [-0.1, -0.05) is 110 Å². The molecule has 2 aromatic rings. The Morgan fingerprint density at radius 1 is 0.968 bits per heavy atom. The monoisotopic (exact) mass is 480 g/mol. The molecule has 31 heavy (non-hydrogen) atoms. The van der Waals surface area contributed by atoms with Gasteiger partial charge in [0.1, 0.15) is 0 Å². The van der Waals surface area contributed by atoms with Crippen molar-refractivity contribution in [2.24, 2.45) is 0 Å². The Labute approximate surface area is 198 Å². The van der Waals surface area contributed by atoms with E-state index in [1.54, 1.807) is 0 Å².